The monoisotopic (exact) mass is 391 g/mol. The van der Waals surface area contributed by atoms with Gasteiger partial charge in [0.25, 0.3) is 5.91 Å². The predicted molar refractivity (Wildman–Crippen MR) is 102 cm³/mol. The number of rotatable bonds is 6. The summed E-state index contributed by atoms with van der Waals surface area (Å²) >= 11 is 0. The van der Waals surface area contributed by atoms with Crippen LogP contribution in [-0.4, -0.2) is 25.1 Å². The SMILES string of the molecule is CCCC/C=N/NC(=O)c1ccc[n+](C)c1.Cc1ccc(S(=O)(=O)[O-])cc1. The van der Waals surface area contributed by atoms with Crippen LogP contribution in [0, 0.1) is 6.92 Å². The number of hydrazone groups is 1. The van der Waals surface area contributed by atoms with Crippen molar-refractivity contribution in [3.63, 3.8) is 0 Å². The van der Waals surface area contributed by atoms with Gasteiger partial charge in [0.05, 0.1) is 4.90 Å². The normalized spacial score (nSPS) is 11.0. The van der Waals surface area contributed by atoms with Crippen molar-refractivity contribution in [2.24, 2.45) is 12.1 Å². The molecule has 0 radical (unpaired) electrons. The fraction of sp³-hybridized carbons (Fsp3) is 0.316. The molecule has 0 spiro atoms. The Bertz CT molecular complexity index is 863. The number of amides is 1. The molecule has 0 bridgehead atoms. The largest absolute Gasteiger partial charge is 0.744 e. The molecule has 7 nitrogen and oxygen atoms in total. The van der Waals surface area contributed by atoms with Gasteiger partial charge in [-0.3, -0.25) is 4.79 Å². The van der Waals surface area contributed by atoms with Gasteiger partial charge in [-0.1, -0.05) is 31.0 Å². The van der Waals surface area contributed by atoms with Crippen LogP contribution in [0.1, 0.15) is 42.1 Å². The molecule has 2 rings (SSSR count). The first kappa shape index (κ1) is 22.5. The topological polar surface area (TPSA) is 103 Å². The van der Waals surface area contributed by atoms with Crippen molar-refractivity contribution in [1.29, 1.82) is 0 Å². The van der Waals surface area contributed by atoms with E-state index in [-0.39, 0.29) is 10.8 Å². The predicted octanol–water partition coefficient (Wildman–Crippen LogP) is 2.32. The van der Waals surface area contributed by atoms with Gasteiger partial charge in [0, 0.05) is 12.3 Å². The second-order valence-corrected chi connectivity index (χ2v) is 7.30. The van der Waals surface area contributed by atoms with Crippen molar-refractivity contribution >= 4 is 22.2 Å². The van der Waals surface area contributed by atoms with Gasteiger partial charge in [0.15, 0.2) is 12.4 Å². The first-order chi connectivity index (χ1) is 12.7. The highest BCUT2D eigenvalue weighted by atomic mass is 32.2. The van der Waals surface area contributed by atoms with Crippen LogP contribution in [0.5, 0.6) is 0 Å². The average Bonchev–Trinajstić information content (AvgIpc) is 2.61. The molecule has 0 unspecified atom stereocenters. The Morgan fingerprint density at radius 2 is 1.93 bits per heavy atom. The molecule has 0 aliphatic heterocycles. The molecule has 0 saturated heterocycles. The summed E-state index contributed by atoms with van der Waals surface area (Å²) in [5.41, 5.74) is 4.04. The van der Waals surface area contributed by atoms with Gasteiger partial charge < -0.3 is 4.55 Å². The number of benzene rings is 1. The minimum atomic E-state index is -4.27. The smallest absolute Gasteiger partial charge is 0.277 e. The minimum absolute atomic E-state index is 0.177. The van der Waals surface area contributed by atoms with E-state index in [0.717, 1.165) is 24.8 Å². The number of hydrogen-bond acceptors (Lipinski definition) is 5. The number of carbonyl (C=O) groups excluding carboxylic acids is 1. The lowest BCUT2D eigenvalue weighted by molar-refractivity contribution is -0.671. The summed E-state index contributed by atoms with van der Waals surface area (Å²) in [6.45, 7) is 3.94. The van der Waals surface area contributed by atoms with E-state index in [2.05, 4.69) is 17.5 Å². The molecule has 0 fully saturated rings. The third-order valence-electron chi connectivity index (χ3n) is 3.46. The number of carbonyl (C=O) groups is 1. The Kier molecular flexibility index (Phi) is 9.32. The molecule has 2 aromatic rings. The van der Waals surface area contributed by atoms with E-state index in [9.17, 15) is 17.8 Å². The zero-order chi connectivity index (χ0) is 20.3. The van der Waals surface area contributed by atoms with Gasteiger partial charge in [0.1, 0.15) is 22.7 Å². The van der Waals surface area contributed by atoms with Crippen LogP contribution in [-0.2, 0) is 17.2 Å². The number of unbranched alkanes of at least 4 members (excludes halogenated alkanes) is 2. The van der Waals surface area contributed by atoms with E-state index in [1.807, 2.05) is 30.8 Å². The second-order valence-electron chi connectivity index (χ2n) is 5.92. The van der Waals surface area contributed by atoms with E-state index in [0.29, 0.717) is 5.56 Å². The minimum Gasteiger partial charge on any atom is -0.744 e. The third kappa shape index (κ3) is 9.07. The van der Waals surface area contributed by atoms with Crippen LogP contribution in [0.2, 0.25) is 0 Å². The van der Waals surface area contributed by atoms with E-state index in [1.54, 1.807) is 30.6 Å². The maximum absolute atomic E-state index is 11.6. The molecule has 27 heavy (non-hydrogen) atoms. The zero-order valence-electron chi connectivity index (χ0n) is 15.8. The number of nitrogens with zero attached hydrogens (tertiary/aromatic N) is 2. The summed E-state index contributed by atoms with van der Waals surface area (Å²) in [5, 5.41) is 3.88. The van der Waals surface area contributed by atoms with Gasteiger partial charge in [-0.05, 0) is 38.0 Å². The number of pyridine rings is 1. The fourth-order valence-corrected chi connectivity index (χ4v) is 2.43. The highest BCUT2D eigenvalue weighted by Gasteiger charge is 2.06. The van der Waals surface area contributed by atoms with E-state index < -0.39 is 10.1 Å². The fourth-order valence-electron chi connectivity index (χ4n) is 1.96. The quantitative estimate of drug-likeness (QED) is 0.268. The number of aromatic nitrogens is 1. The summed E-state index contributed by atoms with van der Waals surface area (Å²) in [7, 11) is -2.39. The van der Waals surface area contributed by atoms with Gasteiger partial charge in [-0.25, -0.2) is 18.4 Å². The van der Waals surface area contributed by atoms with Crippen molar-refractivity contribution in [3.8, 4) is 0 Å². The van der Waals surface area contributed by atoms with Crippen molar-refractivity contribution in [3.05, 3.63) is 59.9 Å². The van der Waals surface area contributed by atoms with Crippen molar-refractivity contribution in [2.75, 3.05) is 0 Å². The standard InChI is InChI=1S/C12H17N3O.C7H8O3S/c1-3-4-5-8-13-14-12(16)11-7-6-9-15(2)10-11;1-6-2-4-7(5-3-6)11(8,9)10/h6-10H,3-5H2,1-2H3;2-5H,1H3,(H,8,9,10)/b13-8+;. The maximum Gasteiger partial charge on any atom is 0.277 e. The van der Waals surface area contributed by atoms with Gasteiger partial charge in [-0.15, -0.1) is 0 Å². The Hall–Kier alpha value is -2.58. The highest BCUT2D eigenvalue weighted by Crippen LogP contribution is 2.08. The number of aryl methyl sites for hydroxylation is 2. The molecule has 0 aliphatic rings. The van der Waals surface area contributed by atoms with Crippen LogP contribution in [0.3, 0.4) is 0 Å². The third-order valence-corrected chi connectivity index (χ3v) is 4.31. The van der Waals surface area contributed by atoms with E-state index in [4.69, 9.17) is 0 Å². The summed E-state index contributed by atoms with van der Waals surface area (Å²) in [6.07, 6.45) is 8.51. The Morgan fingerprint density at radius 1 is 1.26 bits per heavy atom. The lowest BCUT2D eigenvalue weighted by atomic mass is 10.2. The van der Waals surface area contributed by atoms with Crippen LogP contribution >= 0.6 is 0 Å². The molecular formula is C19H25N3O4S. The molecule has 1 amide bonds. The summed E-state index contributed by atoms with van der Waals surface area (Å²) in [4.78, 5) is 11.4. The Morgan fingerprint density at radius 3 is 2.48 bits per heavy atom. The van der Waals surface area contributed by atoms with Crippen LogP contribution in [0.15, 0.2) is 58.8 Å². The van der Waals surface area contributed by atoms with E-state index in [1.165, 1.54) is 12.1 Å². The maximum atomic E-state index is 11.6. The molecule has 8 heteroatoms. The van der Waals surface area contributed by atoms with Crippen molar-refractivity contribution in [1.82, 2.24) is 5.43 Å². The van der Waals surface area contributed by atoms with Gasteiger partial charge in [-0.2, -0.15) is 5.10 Å². The van der Waals surface area contributed by atoms with Gasteiger partial charge in [0.2, 0.25) is 0 Å². The molecule has 0 saturated carbocycles. The first-order valence-corrected chi connectivity index (χ1v) is 9.94. The summed E-state index contributed by atoms with van der Waals surface area (Å²) in [6, 6.07) is 9.37. The average molecular weight is 391 g/mol. The molecule has 0 aliphatic carbocycles. The van der Waals surface area contributed by atoms with E-state index >= 15 is 0 Å². The Balaban J connectivity index is 0.000000289. The summed E-state index contributed by atoms with van der Waals surface area (Å²) < 4.78 is 33.0. The molecule has 0 atom stereocenters. The molecule has 1 N–H and O–H groups in total. The van der Waals surface area contributed by atoms with Crippen LogP contribution < -0.4 is 9.99 Å². The lowest BCUT2D eigenvalue weighted by Gasteiger charge is -2.05. The highest BCUT2D eigenvalue weighted by molar-refractivity contribution is 7.85. The molecule has 1 heterocycles. The zero-order valence-corrected chi connectivity index (χ0v) is 16.6. The van der Waals surface area contributed by atoms with Crippen LogP contribution in [0.25, 0.3) is 0 Å². The molecule has 1 aromatic carbocycles. The Labute approximate surface area is 160 Å². The van der Waals surface area contributed by atoms with Gasteiger partial charge >= 0.3 is 0 Å². The lowest BCUT2D eigenvalue weighted by Crippen LogP contribution is -2.29. The number of hydrogen-bond donors (Lipinski definition) is 1. The van der Waals surface area contributed by atoms with Crippen molar-refractivity contribution < 1.29 is 22.3 Å². The molecular weight excluding hydrogens is 366 g/mol. The first-order valence-electron chi connectivity index (χ1n) is 8.53. The second kappa shape index (κ2) is 11.2. The van der Waals surface area contributed by atoms with Crippen molar-refractivity contribution in [2.45, 2.75) is 38.0 Å². The summed E-state index contributed by atoms with van der Waals surface area (Å²) in [5.74, 6) is -0.177. The van der Waals surface area contributed by atoms with Crippen LogP contribution in [0.4, 0.5) is 0 Å². The molecule has 1 aromatic heterocycles. The molecule has 146 valence electrons. The number of nitrogens with one attached hydrogen (secondary N) is 1.